The topological polar surface area (TPSA) is 75.3 Å². The predicted octanol–water partition coefficient (Wildman–Crippen LogP) is 1.68. The van der Waals surface area contributed by atoms with E-state index >= 15 is 0 Å². The Bertz CT molecular complexity index is 467. The molecule has 0 aliphatic heterocycles. The number of nitrogens with zero attached hydrogens (tertiary/aromatic N) is 3. The van der Waals surface area contributed by atoms with Crippen LogP contribution in [0.3, 0.4) is 0 Å². The Morgan fingerprint density at radius 1 is 1.37 bits per heavy atom. The standard InChI is InChI=1S/C14H22N4O/c1-18(9-14(19)6-2-3-7-14)12-8-11(15)16-13(17-12)10-4-5-10/h8,10,19H,2-7,9H2,1H3,(H2,15,16,17). The maximum Gasteiger partial charge on any atom is 0.136 e. The molecule has 3 rings (SSSR count). The average molecular weight is 262 g/mol. The van der Waals surface area contributed by atoms with Gasteiger partial charge in [-0.3, -0.25) is 0 Å². The molecular formula is C14H22N4O. The van der Waals surface area contributed by atoms with Crippen LogP contribution in [-0.4, -0.2) is 34.3 Å². The van der Waals surface area contributed by atoms with Gasteiger partial charge in [0.1, 0.15) is 17.5 Å². The Morgan fingerprint density at radius 2 is 2.05 bits per heavy atom. The maximum absolute atomic E-state index is 10.5. The van der Waals surface area contributed by atoms with Gasteiger partial charge in [-0.1, -0.05) is 12.8 Å². The molecule has 0 bridgehead atoms. The predicted molar refractivity (Wildman–Crippen MR) is 75.1 cm³/mol. The molecule has 2 saturated carbocycles. The molecule has 0 saturated heterocycles. The summed E-state index contributed by atoms with van der Waals surface area (Å²) in [4.78, 5) is 10.9. The van der Waals surface area contributed by atoms with E-state index in [1.54, 1.807) is 6.07 Å². The molecule has 0 unspecified atom stereocenters. The van der Waals surface area contributed by atoms with Crippen molar-refractivity contribution in [3.63, 3.8) is 0 Å². The Kier molecular flexibility index (Phi) is 3.09. The molecule has 5 nitrogen and oxygen atoms in total. The highest BCUT2D eigenvalue weighted by Crippen LogP contribution is 2.39. The van der Waals surface area contributed by atoms with Crippen LogP contribution in [0.1, 0.15) is 50.3 Å². The van der Waals surface area contributed by atoms with Crippen LogP contribution >= 0.6 is 0 Å². The summed E-state index contributed by atoms with van der Waals surface area (Å²) in [6.07, 6.45) is 6.32. The number of nitrogens with two attached hydrogens (primary N) is 1. The first kappa shape index (κ1) is 12.7. The SMILES string of the molecule is CN(CC1(O)CCCC1)c1cc(N)nc(C2CC2)n1. The minimum absolute atomic E-state index is 0.491. The summed E-state index contributed by atoms with van der Waals surface area (Å²) >= 11 is 0. The summed E-state index contributed by atoms with van der Waals surface area (Å²) < 4.78 is 0. The van der Waals surface area contributed by atoms with Gasteiger partial charge < -0.3 is 15.7 Å². The smallest absolute Gasteiger partial charge is 0.136 e. The highest BCUT2D eigenvalue weighted by molar-refractivity contribution is 5.47. The van der Waals surface area contributed by atoms with Crippen molar-refractivity contribution < 1.29 is 5.11 Å². The van der Waals surface area contributed by atoms with Gasteiger partial charge in [0, 0.05) is 25.6 Å². The summed E-state index contributed by atoms with van der Waals surface area (Å²) in [5.41, 5.74) is 5.30. The third kappa shape index (κ3) is 2.81. The zero-order chi connectivity index (χ0) is 13.5. The van der Waals surface area contributed by atoms with Gasteiger partial charge in [-0.05, 0) is 25.7 Å². The normalized spacial score (nSPS) is 21.6. The van der Waals surface area contributed by atoms with Gasteiger partial charge in [-0.15, -0.1) is 0 Å². The number of likely N-dealkylation sites (N-methyl/N-ethyl adjacent to an activating group) is 1. The van der Waals surface area contributed by atoms with Crippen LogP contribution in [-0.2, 0) is 0 Å². The Hall–Kier alpha value is -1.36. The van der Waals surface area contributed by atoms with Crippen molar-refractivity contribution in [2.45, 2.75) is 50.0 Å². The molecule has 5 heteroatoms. The molecule has 0 amide bonds. The molecule has 2 fully saturated rings. The van der Waals surface area contributed by atoms with Crippen LogP contribution < -0.4 is 10.6 Å². The number of aliphatic hydroxyl groups is 1. The minimum atomic E-state index is -0.561. The Labute approximate surface area is 113 Å². The number of aromatic nitrogens is 2. The molecular weight excluding hydrogens is 240 g/mol. The van der Waals surface area contributed by atoms with Crippen LogP contribution in [0, 0.1) is 0 Å². The molecule has 0 atom stereocenters. The number of nitrogen functional groups attached to an aromatic ring is 1. The van der Waals surface area contributed by atoms with Gasteiger partial charge in [-0.25, -0.2) is 9.97 Å². The lowest BCUT2D eigenvalue weighted by Crippen LogP contribution is -2.39. The lowest BCUT2D eigenvalue weighted by Gasteiger charge is -2.29. The van der Waals surface area contributed by atoms with E-state index in [1.807, 2.05) is 11.9 Å². The van der Waals surface area contributed by atoms with E-state index in [-0.39, 0.29) is 0 Å². The third-order valence-corrected chi connectivity index (χ3v) is 4.15. The second-order valence-corrected chi connectivity index (χ2v) is 6.07. The highest BCUT2D eigenvalue weighted by atomic mass is 16.3. The van der Waals surface area contributed by atoms with Gasteiger partial charge in [0.2, 0.25) is 0 Å². The molecule has 0 aromatic carbocycles. The lowest BCUT2D eigenvalue weighted by molar-refractivity contribution is 0.0558. The Morgan fingerprint density at radius 3 is 2.68 bits per heavy atom. The largest absolute Gasteiger partial charge is 0.388 e. The van der Waals surface area contributed by atoms with Gasteiger partial charge in [0.15, 0.2) is 0 Å². The number of hydrogen-bond acceptors (Lipinski definition) is 5. The summed E-state index contributed by atoms with van der Waals surface area (Å²) in [5, 5.41) is 10.5. The van der Waals surface area contributed by atoms with Crippen molar-refractivity contribution in [1.82, 2.24) is 9.97 Å². The van der Waals surface area contributed by atoms with E-state index in [4.69, 9.17) is 5.73 Å². The molecule has 104 valence electrons. The van der Waals surface area contributed by atoms with Crippen molar-refractivity contribution in [2.75, 3.05) is 24.2 Å². The summed E-state index contributed by atoms with van der Waals surface area (Å²) in [6.45, 7) is 0.619. The van der Waals surface area contributed by atoms with E-state index in [1.165, 1.54) is 0 Å². The average Bonchev–Trinajstić information content (AvgIpc) is 3.12. The first-order valence-electron chi connectivity index (χ1n) is 7.14. The fraction of sp³-hybridized carbons (Fsp3) is 0.714. The van der Waals surface area contributed by atoms with Crippen LogP contribution in [0.4, 0.5) is 11.6 Å². The van der Waals surface area contributed by atoms with Crippen molar-refractivity contribution in [3.8, 4) is 0 Å². The maximum atomic E-state index is 10.5. The molecule has 0 spiro atoms. The summed E-state index contributed by atoms with van der Waals surface area (Å²) in [7, 11) is 1.97. The minimum Gasteiger partial charge on any atom is -0.388 e. The quantitative estimate of drug-likeness (QED) is 0.863. The van der Waals surface area contributed by atoms with Crippen molar-refractivity contribution in [3.05, 3.63) is 11.9 Å². The fourth-order valence-corrected chi connectivity index (χ4v) is 2.90. The summed E-state index contributed by atoms with van der Waals surface area (Å²) in [6, 6.07) is 1.80. The molecule has 19 heavy (non-hydrogen) atoms. The first-order chi connectivity index (χ1) is 9.06. The van der Waals surface area contributed by atoms with Gasteiger partial charge in [0.05, 0.1) is 5.60 Å². The van der Waals surface area contributed by atoms with Gasteiger partial charge in [-0.2, -0.15) is 0 Å². The molecule has 2 aliphatic rings. The zero-order valence-corrected chi connectivity index (χ0v) is 11.5. The molecule has 1 heterocycles. The van der Waals surface area contributed by atoms with E-state index in [2.05, 4.69) is 9.97 Å². The molecule has 1 aromatic heterocycles. The number of hydrogen-bond donors (Lipinski definition) is 2. The van der Waals surface area contributed by atoms with Crippen LogP contribution in [0.5, 0.6) is 0 Å². The van der Waals surface area contributed by atoms with Crippen LogP contribution in [0.2, 0.25) is 0 Å². The molecule has 0 radical (unpaired) electrons. The first-order valence-corrected chi connectivity index (χ1v) is 7.14. The number of rotatable bonds is 4. The van der Waals surface area contributed by atoms with Gasteiger partial charge >= 0.3 is 0 Å². The van der Waals surface area contributed by atoms with Crippen molar-refractivity contribution in [2.24, 2.45) is 0 Å². The summed E-state index contributed by atoms with van der Waals surface area (Å²) in [5.74, 6) is 2.71. The fourth-order valence-electron chi connectivity index (χ4n) is 2.90. The van der Waals surface area contributed by atoms with E-state index in [9.17, 15) is 5.11 Å². The molecule has 2 aliphatic carbocycles. The van der Waals surface area contributed by atoms with Gasteiger partial charge in [0.25, 0.3) is 0 Å². The molecule has 3 N–H and O–H groups in total. The van der Waals surface area contributed by atoms with E-state index < -0.39 is 5.60 Å². The van der Waals surface area contributed by atoms with E-state index in [0.29, 0.717) is 18.3 Å². The monoisotopic (exact) mass is 262 g/mol. The van der Waals surface area contributed by atoms with E-state index in [0.717, 1.165) is 50.2 Å². The Balaban J connectivity index is 1.76. The van der Waals surface area contributed by atoms with Crippen molar-refractivity contribution >= 4 is 11.6 Å². The second-order valence-electron chi connectivity index (χ2n) is 6.07. The highest BCUT2D eigenvalue weighted by Gasteiger charge is 2.33. The van der Waals surface area contributed by atoms with Crippen molar-refractivity contribution in [1.29, 1.82) is 0 Å². The molecule has 1 aromatic rings. The lowest BCUT2D eigenvalue weighted by atomic mass is 10.0. The van der Waals surface area contributed by atoms with Crippen LogP contribution in [0.15, 0.2) is 6.07 Å². The number of anilines is 2. The third-order valence-electron chi connectivity index (χ3n) is 4.15. The van der Waals surface area contributed by atoms with Crippen LogP contribution in [0.25, 0.3) is 0 Å². The zero-order valence-electron chi connectivity index (χ0n) is 11.5. The second kappa shape index (κ2) is 4.63.